The van der Waals surface area contributed by atoms with Crippen molar-refractivity contribution in [3.63, 3.8) is 0 Å². The van der Waals surface area contributed by atoms with Crippen LogP contribution in [0.2, 0.25) is 0 Å². The molecular weight excluding hydrogens is 144 g/mol. The monoisotopic (exact) mass is 166 g/mol. The van der Waals surface area contributed by atoms with Gasteiger partial charge in [0.1, 0.15) is 0 Å². The molecule has 0 bridgehead atoms. The lowest BCUT2D eigenvalue weighted by Crippen LogP contribution is -1.95. The van der Waals surface area contributed by atoms with Crippen LogP contribution in [0.25, 0.3) is 0 Å². The van der Waals surface area contributed by atoms with Crippen LogP contribution in [-0.4, -0.2) is 0 Å². The van der Waals surface area contributed by atoms with Gasteiger partial charge in [0.25, 0.3) is 0 Å². The Morgan fingerprint density at radius 2 is 1.83 bits per heavy atom. The average molecular weight is 166 g/mol. The largest absolute Gasteiger partial charge is 0.0654 e. The van der Waals surface area contributed by atoms with Crippen LogP contribution in [0.5, 0.6) is 0 Å². The molecule has 0 heterocycles. The van der Waals surface area contributed by atoms with E-state index in [1.165, 1.54) is 25.7 Å². The minimum atomic E-state index is 1.14. The molecule has 2 atom stereocenters. The lowest BCUT2D eigenvalue weighted by molar-refractivity contribution is 0.447. The second-order valence-electron chi connectivity index (χ2n) is 4.93. The van der Waals surface area contributed by atoms with Crippen LogP contribution in [0.1, 0.15) is 58.3 Å². The van der Waals surface area contributed by atoms with Crippen molar-refractivity contribution in [1.29, 1.82) is 0 Å². The first-order valence-corrected chi connectivity index (χ1v) is 5.90. The maximum atomic E-state index is 2.32. The first-order valence-electron chi connectivity index (χ1n) is 5.90. The summed E-state index contributed by atoms with van der Waals surface area (Å²) in [7, 11) is 0. The molecule has 0 aromatic rings. The summed E-state index contributed by atoms with van der Waals surface area (Å²) < 4.78 is 0. The fraction of sp³-hybridized carbons (Fsp3) is 1.00. The van der Waals surface area contributed by atoms with Crippen molar-refractivity contribution in [1.82, 2.24) is 0 Å². The normalized spacial score (nSPS) is 35.8. The van der Waals surface area contributed by atoms with Crippen molar-refractivity contribution >= 4 is 0 Å². The van der Waals surface area contributed by atoms with E-state index >= 15 is 0 Å². The van der Waals surface area contributed by atoms with Crippen LogP contribution < -0.4 is 0 Å². The van der Waals surface area contributed by atoms with Crippen LogP contribution in [0.3, 0.4) is 0 Å². The van der Waals surface area contributed by atoms with Crippen molar-refractivity contribution < 1.29 is 0 Å². The van der Waals surface area contributed by atoms with Gasteiger partial charge in [-0.2, -0.15) is 0 Å². The second kappa shape index (κ2) is 3.81. The van der Waals surface area contributed by atoms with Gasteiger partial charge in [0, 0.05) is 0 Å². The van der Waals surface area contributed by atoms with E-state index in [0.717, 1.165) is 17.8 Å². The lowest BCUT2D eigenvalue weighted by Gasteiger charge is -2.07. The van der Waals surface area contributed by atoms with E-state index in [4.69, 9.17) is 0 Å². The Labute approximate surface area is 76.7 Å². The smallest absolute Gasteiger partial charge is 0.0380 e. The summed E-state index contributed by atoms with van der Waals surface area (Å²) in [4.78, 5) is 0. The molecule has 0 heteroatoms. The van der Waals surface area contributed by atoms with E-state index in [-0.39, 0.29) is 0 Å². The summed E-state index contributed by atoms with van der Waals surface area (Å²) in [5.41, 5.74) is 0. The van der Waals surface area contributed by atoms with Crippen molar-refractivity contribution in [3.05, 3.63) is 0 Å². The predicted molar refractivity (Wildman–Crippen MR) is 53.1 cm³/mol. The lowest BCUT2D eigenvalue weighted by atomic mass is 9.99. The molecule has 2 aliphatic carbocycles. The highest BCUT2D eigenvalue weighted by Crippen LogP contribution is 2.48. The zero-order chi connectivity index (χ0) is 8.39. The Balaban J connectivity index is 1.62. The highest BCUT2D eigenvalue weighted by atomic mass is 14.4. The molecule has 0 saturated heterocycles. The van der Waals surface area contributed by atoms with Crippen LogP contribution in [0.15, 0.2) is 0 Å². The third-order valence-corrected chi connectivity index (χ3v) is 3.84. The van der Waals surface area contributed by atoms with E-state index in [0.29, 0.717) is 0 Å². The summed E-state index contributed by atoms with van der Waals surface area (Å²) >= 11 is 0. The number of hydrogen-bond donors (Lipinski definition) is 0. The van der Waals surface area contributed by atoms with Crippen LogP contribution in [0.4, 0.5) is 0 Å². The van der Waals surface area contributed by atoms with Crippen molar-refractivity contribution in [2.75, 3.05) is 0 Å². The Kier molecular flexibility index (Phi) is 2.73. The predicted octanol–water partition coefficient (Wildman–Crippen LogP) is 4.00. The molecule has 2 rings (SSSR count). The van der Waals surface area contributed by atoms with E-state index in [9.17, 15) is 0 Å². The quantitative estimate of drug-likeness (QED) is 0.592. The molecule has 0 spiro atoms. The van der Waals surface area contributed by atoms with E-state index in [2.05, 4.69) is 6.92 Å². The molecule has 0 N–H and O–H groups in total. The standard InChI is InChI=1S/C12H22/c1-2-5-11-9-12(11)8-10-6-3-4-7-10/h10-12H,2-9H2,1H3. The zero-order valence-corrected chi connectivity index (χ0v) is 8.39. The first kappa shape index (κ1) is 8.59. The van der Waals surface area contributed by atoms with E-state index in [1.807, 2.05) is 0 Å². The molecule has 0 amide bonds. The topological polar surface area (TPSA) is 0 Å². The molecule has 2 aliphatic rings. The van der Waals surface area contributed by atoms with Gasteiger partial charge in [0.15, 0.2) is 0 Å². The molecule has 0 aromatic heterocycles. The third-order valence-electron chi connectivity index (χ3n) is 3.84. The Morgan fingerprint density at radius 3 is 2.50 bits per heavy atom. The molecule has 2 saturated carbocycles. The number of rotatable bonds is 4. The van der Waals surface area contributed by atoms with Gasteiger partial charge in [-0.1, -0.05) is 45.4 Å². The Bertz CT molecular complexity index is 133. The van der Waals surface area contributed by atoms with Crippen molar-refractivity contribution in [3.8, 4) is 0 Å². The van der Waals surface area contributed by atoms with Crippen LogP contribution in [0, 0.1) is 17.8 Å². The Hall–Kier alpha value is 0. The van der Waals surface area contributed by atoms with E-state index in [1.54, 1.807) is 25.7 Å². The van der Waals surface area contributed by atoms with Crippen LogP contribution in [-0.2, 0) is 0 Å². The summed E-state index contributed by atoms with van der Waals surface area (Å²) in [6.07, 6.45) is 12.2. The molecule has 0 aliphatic heterocycles. The van der Waals surface area contributed by atoms with Crippen molar-refractivity contribution in [2.45, 2.75) is 58.3 Å². The number of hydrogen-bond acceptors (Lipinski definition) is 0. The average Bonchev–Trinajstić information content (AvgIpc) is 2.62. The SMILES string of the molecule is CCCC1CC1CC1CCCC1. The van der Waals surface area contributed by atoms with Gasteiger partial charge in [-0.05, 0) is 30.6 Å². The highest BCUT2D eigenvalue weighted by molar-refractivity contribution is 4.88. The molecule has 0 radical (unpaired) electrons. The van der Waals surface area contributed by atoms with Gasteiger partial charge in [0.2, 0.25) is 0 Å². The molecule has 70 valence electrons. The summed E-state index contributed by atoms with van der Waals surface area (Å²) in [6, 6.07) is 0. The van der Waals surface area contributed by atoms with E-state index < -0.39 is 0 Å². The molecule has 2 unspecified atom stereocenters. The molecular formula is C12H22. The molecule has 12 heavy (non-hydrogen) atoms. The van der Waals surface area contributed by atoms with Gasteiger partial charge in [0.05, 0.1) is 0 Å². The van der Waals surface area contributed by atoms with Crippen LogP contribution >= 0.6 is 0 Å². The molecule has 0 aromatic carbocycles. The fourth-order valence-corrected chi connectivity index (χ4v) is 3.00. The maximum absolute atomic E-state index is 2.32. The zero-order valence-electron chi connectivity index (χ0n) is 8.39. The second-order valence-corrected chi connectivity index (χ2v) is 4.93. The van der Waals surface area contributed by atoms with Gasteiger partial charge in [-0.25, -0.2) is 0 Å². The van der Waals surface area contributed by atoms with Crippen molar-refractivity contribution in [2.24, 2.45) is 17.8 Å². The molecule has 2 fully saturated rings. The van der Waals surface area contributed by atoms with Gasteiger partial charge in [-0.3, -0.25) is 0 Å². The highest BCUT2D eigenvalue weighted by Gasteiger charge is 2.37. The summed E-state index contributed by atoms with van der Waals surface area (Å²) in [5.74, 6) is 3.44. The minimum Gasteiger partial charge on any atom is -0.0654 e. The fourth-order valence-electron chi connectivity index (χ4n) is 3.00. The first-order chi connectivity index (χ1) is 5.90. The van der Waals surface area contributed by atoms with Gasteiger partial charge in [-0.15, -0.1) is 0 Å². The van der Waals surface area contributed by atoms with Gasteiger partial charge >= 0.3 is 0 Å². The Morgan fingerprint density at radius 1 is 1.08 bits per heavy atom. The molecule has 0 nitrogen and oxygen atoms in total. The third kappa shape index (κ3) is 2.02. The maximum Gasteiger partial charge on any atom is -0.0380 e. The summed E-state index contributed by atoms with van der Waals surface area (Å²) in [5, 5.41) is 0. The van der Waals surface area contributed by atoms with Gasteiger partial charge < -0.3 is 0 Å². The summed E-state index contributed by atoms with van der Waals surface area (Å²) in [6.45, 7) is 2.32. The minimum absolute atomic E-state index is 1.14.